The molecule has 0 bridgehead atoms. The molecule has 4 aromatic rings. The molecule has 1 atom stereocenters. The normalized spacial score (nSPS) is 12.1. The molecule has 0 saturated carbocycles. The molecule has 0 unspecified atom stereocenters. The monoisotopic (exact) mass is 683 g/mol. The summed E-state index contributed by atoms with van der Waals surface area (Å²) in [4.78, 5) is 30.9. The van der Waals surface area contributed by atoms with Crippen LogP contribution in [0.4, 0.5) is 0 Å². The predicted molar refractivity (Wildman–Crippen MR) is 177 cm³/mol. The van der Waals surface area contributed by atoms with E-state index in [9.17, 15) is 9.59 Å². The van der Waals surface area contributed by atoms with Crippen molar-refractivity contribution in [3.8, 4) is 28.6 Å². The van der Waals surface area contributed by atoms with E-state index in [1.54, 1.807) is 38.1 Å². The van der Waals surface area contributed by atoms with Gasteiger partial charge in [0.15, 0.2) is 23.4 Å². The first-order valence-corrected chi connectivity index (χ1v) is 15.4. The first kappa shape index (κ1) is 33.0. The number of carbonyl (C=O) groups excluding carboxylic acids is 1. The molecule has 0 N–H and O–H groups in total. The Morgan fingerprint density at radius 1 is 1.11 bits per heavy atom. The fraction of sp³-hybridized carbons (Fsp3) is 0.333. The quantitative estimate of drug-likeness (QED) is 0.119. The third-order valence-electron chi connectivity index (χ3n) is 6.87. The van der Waals surface area contributed by atoms with Crippen molar-refractivity contribution in [3.63, 3.8) is 0 Å². The molecule has 4 rings (SSSR count). The summed E-state index contributed by atoms with van der Waals surface area (Å²) in [6, 6.07) is 12.8. The van der Waals surface area contributed by atoms with Crippen molar-refractivity contribution in [2.45, 2.75) is 53.6 Å². The molecule has 44 heavy (non-hydrogen) atoms. The molecule has 11 heteroatoms. The second-order valence-corrected chi connectivity index (χ2v) is 11.4. The van der Waals surface area contributed by atoms with Gasteiger partial charge in [-0.05, 0) is 91.0 Å². The summed E-state index contributed by atoms with van der Waals surface area (Å²) in [5, 5.41) is 5.21. The van der Waals surface area contributed by atoms with E-state index in [4.69, 9.17) is 35.5 Å². The number of hydrogen-bond donors (Lipinski definition) is 0. The van der Waals surface area contributed by atoms with Gasteiger partial charge in [0.05, 0.1) is 37.4 Å². The van der Waals surface area contributed by atoms with Gasteiger partial charge in [-0.2, -0.15) is 9.78 Å². The van der Waals surface area contributed by atoms with Gasteiger partial charge in [0.2, 0.25) is 0 Å². The molecular formula is C33H35BrClN3O6. The average Bonchev–Trinajstić information content (AvgIpc) is 3.00. The maximum Gasteiger partial charge on any atom is 0.347 e. The zero-order valence-corrected chi connectivity index (χ0v) is 28.1. The Kier molecular flexibility index (Phi) is 10.7. The van der Waals surface area contributed by atoms with Gasteiger partial charge in [0, 0.05) is 15.6 Å². The highest BCUT2D eigenvalue weighted by Crippen LogP contribution is 2.43. The number of aromatic nitrogens is 2. The molecule has 0 aliphatic heterocycles. The van der Waals surface area contributed by atoms with Crippen LogP contribution in [0.25, 0.3) is 22.3 Å². The Bertz CT molecular complexity index is 1790. The molecule has 0 amide bonds. The van der Waals surface area contributed by atoms with E-state index in [1.807, 2.05) is 32.0 Å². The van der Waals surface area contributed by atoms with Gasteiger partial charge in [-0.1, -0.05) is 37.6 Å². The van der Waals surface area contributed by atoms with Gasteiger partial charge < -0.3 is 18.9 Å². The van der Waals surface area contributed by atoms with Crippen molar-refractivity contribution in [3.05, 3.63) is 79.0 Å². The second kappa shape index (κ2) is 14.3. The second-order valence-electron chi connectivity index (χ2n) is 10.2. The van der Waals surface area contributed by atoms with Gasteiger partial charge >= 0.3 is 5.97 Å². The highest BCUT2D eigenvalue weighted by molar-refractivity contribution is 9.10. The summed E-state index contributed by atoms with van der Waals surface area (Å²) in [5.74, 6) is 1.24. The lowest BCUT2D eigenvalue weighted by molar-refractivity contribution is -0.150. The lowest BCUT2D eigenvalue weighted by Gasteiger charge is -2.19. The maximum atomic E-state index is 13.9. The van der Waals surface area contributed by atoms with Gasteiger partial charge in [0.1, 0.15) is 10.8 Å². The topological polar surface area (TPSA) is 101 Å². The van der Waals surface area contributed by atoms with Crippen LogP contribution in [0.3, 0.4) is 0 Å². The van der Waals surface area contributed by atoms with Crippen molar-refractivity contribution in [1.82, 2.24) is 9.66 Å². The summed E-state index contributed by atoms with van der Waals surface area (Å²) in [6.07, 6.45) is 0.566. The Balaban J connectivity index is 1.89. The zero-order chi connectivity index (χ0) is 32.1. The molecule has 0 aliphatic rings. The van der Waals surface area contributed by atoms with Crippen molar-refractivity contribution in [2.75, 3.05) is 20.3 Å². The number of halogens is 2. The van der Waals surface area contributed by atoms with E-state index >= 15 is 0 Å². The molecule has 0 radical (unpaired) electrons. The third-order valence-corrected chi connectivity index (χ3v) is 8.32. The van der Waals surface area contributed by atoms with Crippen LogP contribution < -0.4 is 19.8 Å². The van der Waals surface area contributed by atoms with E-state index < -0.39 is 12.1 Å². The molecule has 0 saturated heterocycles. The van der Waals surface area contributed by atoms with E-state index in [2.05, 4.69) is 34.9 Å². The van der Waals surface area contributed by atoms with Crippen LogP contribution in [0.1, 0.15) is 57.2 Å². The molecule has 9 nitrogen and oxygen atoms in total. The van der Waals surface area contributed by atoms with Crippen LogP contribution in [0.2, 0.25) is 5.02 Å². The summed E-state index contributed by atoms with van der Waals surface area (Å²) < 4.78 is 24.0. The minimum absolute atomic E-state index is 0.162. The van der Waals surface area contributed by atoms with Crippen LogP contribution in [-0.2, 0) is 9.53 Å². The summed E-state index contributed by atoms with van der Waals surface area (Å²) in [5.41, 5.74) is 3.35. The minimum Gasteiger partial charge on any atom is -0.494 e. The molecule has 0 fully saturated rings. The molecule has 0 spiro atoms. The lowest BCUT2D eigenvalue weighted by Crippen LogP contribution is -2.26. The van der Waals surface area contributed by atoms with Gasteiger partial charge in [-0.15, -0.1) is 0 Å². The Morgan fingerprint density at radius 3 is 2.50 bits per heavy atom. The number of hydrogen-bond acceptors (Lipinski definition) is 8. The summed E-state index contributed by atoms with van der Waals surface area (Å²) >= 11 is 10.2. The number of benzene rings is 3. The molecular weight excluding hydrogens is 650 g/mol. The highest BCUT2D eigenvalue weighted by Gasteiger charge is 2.24. The lowest BCUT2D eigenvalue weighted by atomic mass is 9.96. The minimum atomic E-state index is -0.925. The number of rotatable bonds is 11. The van der Waals surface area contributed by atoms with Crippen molar-refractivity contribution in [2.24, 2.45) is 5.10 Å². The number of methoxy groups -OCH3 is 1. The number of carbonyl (C=O) groups is 1. The van der Waals surface area contributed by atoms with E-state index in [1.165, 1.54) is 18.0 Å². The van der Waals surface area contributed by atoms with Gasteiger partial charge in [0.25, 0.3) is 5.56 Å². The average molecular weight is 685 g/mol. The van der Waals surface area contributed by atoms with E-state index in [-0.39, 0.29) is 34.6 Å². The van der Waals surface area contributed by atoms with Crippen LogP contribution in [-0.4, -0.2) is 48.3 Å². The number of fused-ring (bicyclic) bond motifs is 1. The first-order chi connectivity index (χ1) is 21.0. The summed E-state index contributed by atoms with van der Waals surface area (Å²) in [7, 11) is 1.46. The zero-order valence-electron chi connectivity index (χ0n) is 25.7. The van der Waals surface area contributed by atoms with E-state index in [0.29, 0.717) is 33.4 Å². The van der Waals surface area contributed by atoms with Gasteiger partial charge in [-0.25, -0.2) is 9.78 Å². The fourth-order valence-corrected chi connectivity index (χ4v) is 5.28. The first-order valence-electron chi connectivity index (χ1n) is 14.2. The van der Waals surface area contributed by atoms with Crippen molar-refractivity contribution < 1.29 is 23.7 Å². The molecule has 1 aromatic heterocycles. The van der Waals surface area contributed by atoms with Crippen LogP contribution in [0.5, 0.6) is 17.2 Å². The van der Waals surface area contributed by atoms with Gasteiger partial charge in [-0.3, -0.25) is 4.79 Å². The molecule has 0 aliphatic carbocycles. The van der Waals surface area contributed by atoms with Crippen molar-refractivity contribution >= 4 is 50.6 Å². The number of para-hydroxylation sites is 1. The van der Waals surface area contributed by atoms with Crippen LogP contribution in [0, 0.1) is 6.92 Å². The molecule has 1 heterocycles. The Labute approximate surface area is 269 Å². The predicted octanol–water partition coefficient (Wildman–Crippen LogP) is 7.53. The SMILES string of the molecule is CCOC(=O)[C@@H](C)Oc1c(OC)cc(C=Nn2c(-c3cc(C(C)C)c(OCC)cc3C)nc3ccccc3c2=O)c(Br)c1Cl. The number of esters is 1. The largest absolute Gasteiger partial charge is 0.494 e. The summed E-state index contributed by atoms with van der Waals surface area (Å²) in [6.45, 7) is 12.1. The number of nitrogens with zero attached hydrogens (tertiary/aromatic N) is 3. The highest BCUT2D eigenvalue weighted by atomic mass is 79.9. The Morgan fingerprint density at radius 2 is 1.84 bits per heavy atom. The fourth-order valence-electron chi connectivity index (χ4n) is 4.64. The van der Waals surface area contributed by atoms with Crippen LogP contribution >= 0.6 is 27.5 Å². The molecule has 3 aromatic carbocycles. The maximum absolute atomic E-state index is 13.9. The third kappa shape index (κ3) is 6.76. The van der Waals surface area contributed by atoms with E-state index in [0.717, 1.165) is 22.4 Å². The molecule has 232 valence electrons. The Hall–Kier alpha value is -3.89. The smallest absolute Gasteiger partial charge is 0.347 e. The van der Waals surface area contributed by atoms with Crippen molar-refractivity contribution in [1.29, 1.82) is 0 Å². The van der Waals surface area contributed by atoms with Crippen LogP contribution in [0.15, 0.2) is 56.8 Å². The standard InChI is InChI=1S/C33H35BrClN3O6/c1-8-42-26-14-19(5)24(16-23(26)18(3)4)31-37-25-13-11-10-12-22(25)32(39)38(31)36-17-21-15-27(41-7)30(29(35)28(21)34)44-20(6)33(40)43-9-2/h10-18,20H,8-9H2,1-7H3/t20-/m1/s1. The number of aryl methyl sites for hydroxylation is 1. The number of ether oxygens (including phenoxy) is 4.